The van der Waals surface area contributed by atoms with Crippen molar-refractivity contribution in [3.63, 3.8) is 0 Å². The van der Waals surface area contributed by atoms with Crippen molar-refractivity contribution in [1.82, 2.24) is 0 Å². The van der Waals surface area contributed by atoms with E-state index in [4.69, 9.17) is 5.73 Å². The van der Waals surface area contributed by atoms with E-state index in [2.05, 4.69) is 145 Å². The van der Waals surface area contributed by atoms with E-state index in [1.807, 2.05) is 0 Å². The standard InChI is InChI=1S/C52H69N/c1-7-11-13-18-40(10-4)31-42-21-26-46(27-22-42)48-34-45(33-44-25-30-50-39(6)38(5)17-15-20-52(53)51(50)36-44)35-49(37-48)47-28-23-43(24-29-47)32-41(16-9-3)19-14-12-8-2/h15,17,20-30,34-41H,7-14,16,18-19,31-33,53H2,1-6H3/b17-15-,52-20-. The molecule has 1 aliphatic rings. The van der Waals surface area contributed by atoms with Crippen LogP contribution in [0.5, 0.6) is 0 Å². The molecule has 0 amide bonds. The maximum absolute atomic E-state index is 6.67. The van der Waals surface area contributed by atoms with E-state index in [0.29, 0.717) is 11.8 Å². The summed E-state index contributed by atoms with van der Waals surface area (Å²) < 4.78 is 0. The highest BCUT2D eigenvalue weighted by atomic mass is 14.6. The summed E-state index contributed by atoms with van der Waals surface area (Å²) in [7, 11) is 0. The number of nitrogens with two attached hydrogens (primary N) is 1. The van der Waals surface area contributed by atoms with E-state index in [1.54, 1.807) is 0 Å². The first-order valence-corrected chi connectivity index (χ1v) is 21.4. The van der Waals surface area contributed by atoms with E-state index in [-0.39, 0.29) is 0 Å². The molecule has 0 spiro atoms. The molecular weight excluding hydrogens is 639 g/mol. The van der Waals surface area contributed by atoms with Gasteiger partial charge in [0.1, 0.15) is 0 Å². The van der Waals surface area contributed by atoms with Crippen molar-refractivity contribution in [1.29, 1.82) is 0 Å². The van der Waals surface area contributed by atoms with Gasteiger partial charge >= 0.3 is 0 Å². The summed E-state index contributed by atoms with van der Waals surface area (Å²) in [6.07, 6.45) is 24.2. The van der Waals surface area contributed by atoms with Crippen LogP contribution in [0.15, 0.2) is 103 Å². The highest BCUT2D eigenvalue weighted by Crippen LogP contribution is 2.35. The van der Waals surface area contributed by atoms with E-state index >= 15 is 0 Å². The minimum absolute atomic E-state index is 0.418. The molecule has 4 unspecified atom stereocenters. The average Bonchev–Trinajstić information content (AvgIpc) is 3.17. The molecule has 0 saturated heterocycles. The van der Waals surface area contributed by atoms with Crippen LogP contribution >= 0.6 is 0 Å². The Hall–Kier alpha value is -3.84. The molecule has 4 atom stereocenters. The van der Waals surface area contributed by atoms with Crippen LogP contribution in [0.4, 0.5) is 0 Å². The number of fused-ring (bicyclic) bond motifs is 1. The van der Waals surface area contributed by atoms with Crippen LogP contribution in [-0.2, 0) is 19.3 Å². The summed E-state index contributed by atoms with van der Waals surface area (Å²) in [4.78, 5) is 0. The molecule has 1 nitrogen and oxygen atoms in total. The van der Waals surface area contributed by atoms with Gasteiger partial charge < -0.3 is 5.73 Å². The number of unbranched alkanes of at least 4 members (excludes halogenated alkanes) is 4. The highest BCUT2D eigenvalue weighted by Gasteiger charge is 2.19. The third kappa shape index (κ3) is 11.6. The number of hydrogen-bond donors (Lipinski definition) is 1. The zero-order valence-corrected chi connectivity index (χ0v) is 34.1. The molecule has 1 aliphatic carbocycles. The Balaban J connectivity index is 1.45. The molecule has 4 aromatic carbocycles. The van der Waals surface area contributed by atoms with Gasteiger partial charge in [0.2, 0.25) is 0 Å². The molecule has 0 saturated carbocycles. The van der Waals surface area contributed by atoms with Crippen LogP contribution in [0.2, 0.25) is 0 Å². The lowest BCUT2D eigenvalue weighted by atomic mass is 9.82. The molecule has 4 aromatic rings. The predicted octanol–water partition coefficient (Wildman–Crippen LogP) is 14.9. The molecule has 0 heterocycles. The molecule has 53 heavy (non-hydrogen) atoms. The Kier molecular flexibility index (Phi) is 15.7. The molecule has 0 radical (unpaired) electrons. The smallest absolute Gasteiger partial charge is 0.0390 e. The normalized spacial score (nSPS) is 18.3. The number of hydrogen-bond acceptors (Lipinski definition) is 1. The Morgan fingerprint density at radius 3 is 1.68 bits per heavy atom. The van der Waals surface area contributed by atoms with E-state index < -0.39 is 0 Å². The fourth-order valence-corrected chi connectivity index (χ4v) is 8.50. The van der Waals surface area contributed by atoms with Crippen LogP contribution in [0.3, 0.4) is 0 Å². The molecule has 0 aliphatic heterocycles. The van der Waals surface area contributed by atoms with Gasteiger partial charge in [-0.15, -0.1) is 0 Å². The molecule has 1 heteroatoms. The van der Waals surface area contributed by atoms with Gasteiger partial charge in [-0.3, -0.25) is 0 Å². The third-order valence-corrected chi connectivity index (χ3v) is 12.1. The van der Waals surface area contributed by atoms with Crippen molar-refractivity contribution in [3.8, 4) is 22.3 Å². The SMILES string of the molecule is CCCCCC(CC)Cc1ccc(-c2cc(Cc3ccc4c(c3)/C(N)=C/C=C\C(C)C4C)cc(-c3ccc(CC(CCC)CCCCC)cc3)c2)cc1. The number of allylic oxidation sites excluding steroid dienone is 3. The fourth-order valence-electron chi connectivity index (χ4n) is 8.50. The maximum atomic E-state index is 6.67. The van der Waals surface area contributed by atoms with Gasteiger partial charge in [-0.2, -0.15) is 0 Å². The lowest BCUT2D eigenvalue weighted by Crippen LogP contribution is -2.11. The van der Waals surface area contributed by atoms with Gasteiger partial charge in [0, 0.05) is 11.3 Å². The van der Waals surface area contributed by atoms with Crippen molar-refractivity contribution >= 4 is 5.70 Å². The van der Waals surface area contributed by atoms with Gasteiger partial charge in [-0.05, 0) is 111 Å². The first-order chi connectivity index (χ1) is 25.8. The van der Waals surface area contributed by atoms with Crippen LogP contribution in [0.25, 0.3) is 28.0 Å². The van der Waals surface area contributed by atoms with Gasteiger partial charge in [0.25, 0.3) is 0 Å². The minimum Gasteiger partial charge on any atom is -0.398 e. The van der Waals surface area contributed by atoms with Crippen molar-refractivity contribution in [2.45, 2.75) is 137 Å². The van der Waals surface area contributed by atoms with Crippen molar-refractivity contribution in [2.24, 2.45) is 23.5 Å². The van der Waals surface area contributed by atoms with Crippen LogP contribution in [-0.4, -0.2) is 0 Å². The Labute approximate surface area is 324 Å². The largest absolute Gasteiger partial charge is 0.398 e. The molecule has 282 valence electrons. The topological polar surface area (TPSA) is 26.0 Å². The number of benzene rings is 4. The van der Waals surface area contributed by atoms with Gasteiger partial charge in [0.15, 0.2) is 0 Å². The van der Waals surface area contributed by atoms with Crippen molar-refractivity contribution < 1.29 is 0 Å². The van der Waals surface area contributed by atoms with Crippen LogP contribution in [0.1, 0.15) is 151 Å². The summed E-state index contributed by atoms with van der Waals surface area (Å²) in [5.41, 5.74) is 20.8. The Morgan fingerprint density at radius 2 is 1.11 bits per heavy atom. The van der Waals surface area contributed by atoms with Gasteiger partial charge in [0.05, 0.1) is 0 Å². The first-order valence-electron chi connectivity index (χ1n) is 21.4. The van der Waals surface area contributed by atoms with E-state index in [9.17, 15) is 0 Å². The molecule has 5 rings (SSSR count). The van der Waals surface area contributed by atoms with Gasteiger partial charge in [-0.25, -0.2) is 0 Å². The van der Waals surface area contributed by atoms with E-state index in [0.717, 1.165) is 24.0 Å². The Morgan fingerprint density at radius 1 is 0.547 bits per heavy atom. The molecular formula is C52H69N. The quantitative estimate of drug-likeness (QED) is 0.0965. The maximum Gasteiger partial charge on any atom is 0.0390 e. The van der Waals surface area contributed by atoms with Gasteiger partial charge in [-0.1, -0.05) is 197 Å². The third-order valence-electron chi connectivity index (χ3n) is 12.1. The minimum atomic E-state index is 0.418. The summed E-state index contributed by atoms with van der Waals surface area (Å²) in [5.74, 6) is 2.44. The van der Waals surface area contributed by atoms with E-state index in [1.165, 1.54) is 139 Å². The summed E-state index contributed by atoms with van der Waals surface area (Å²) >= 11 is 0. The second-order valence-electron chi connectivity index (χ2n) is 16.4. The molecule has 0 aromatic heterocycles. The lowest BCUT2D eigenvalue weighted by molar-refractivity contribution is 0.422. The second kappa shape index (κ2) is 20.6. The first kappa shape index (κ1) is 40.3. The van der Waals surface area contributed by atoms with Crippen molar-refractivity contribution in [2.75, 3.05) is 0 Å². The molecule has 0 bridgehead atoms. The predicted molar refractivity (Wildman–Crippen MR) is 233 cm³/mol. The molecule has 2 N–H and O–H groups in total. The number of rotatable bonds is 19. The summed E-state index contributed by atoms with van der Waals surface area (Å²) in [6.45, 7) is 13.9. The Bertz CT molecular complexity index is 1750. The summed E-state index contributed by atoms with van der Waals surface area (Å²) in [5, 5.41) is 0. The molecule has 0 fully saturated rings. The van der Waals surface area contributed by atoms with Crippen molar-refractivity contribution in [3.05, 3.63) is 137 Å². The summed E-state index contributed by atoms with van der Waals surface area (Å²) in [6, 6.07) is 33.3. The van der Waals surface area contributed by atoms with Crippen LogP contribution in [0, 0.1) is 17.8 Å². The zero-order chi connectivity index (χ0) is 37.6. The second-order valence-corrected chi connectivity index (χ2v) is 16.4. The average molecular weight is 708 g/mol. The lowest BCUT2D eigenvalue weighted by Gasteiger charge is -2.23. The zero-order valence-electron chi connectivity index (χ0n) is 34.1. The van der Waals surface area contributed by atoms with Crippen LogP contribution < -0.4 is 5.73 Å². The monoisotopic (exact) mass is 708 g/mol. The highest BCUT2D eigenvalue weighted by molar-refractivity contribution is 5.75. The fraction of sp³-hybridized carbons (Fsp3) is 0.462.